The summed E-state index contributed by atoms with van der Waals surface area (Å²) < 4.78 is 0. The van der Waals surface area contributed by atoms with E-state index < -0.39 is 0 Å². The van der Waals surface area contributed by atoms with Crippen molar-refractivity contribution in [1.82, 2.24) is 10.2 Å². The zero-order valence-electron chi connectivity index (χ0n) is 14.8. The van der Waals surface area contributed by atoms with E-state index in [4.69, 9.17) is 0 Å². The quantitative estimate of drug-likeness (QED) is 0.874. The molecule has 132 valence electrons. The van der Waals surface area contributed by atoms with Gasteiger partial charge in [0.2, 0.25) is 0 Å². The lowest BCUT2D eigenvalue weighted by molar-refractivity contribution is 0.143. The summed E-state index contributed by atoms with van der Waals surface area (Å²) >= 11 is 2.09. The highest BCUT2D eigenvalue weighted by Gasteiger charge is 2.27. The van der Waals surface area contributed by atoms with Crippen molar-refractivity contribution in [3.05, 3.63) is 29.3 Å². The van der Waals surface area contributed by atoms with Crippen LogP contribution < -0.4 is 10.6 Å². The van der Waals surface area contributed by atoms with Gasteiger partial charge in [0.1, 0.15) is 0 Å². The van der Waals surface area contributed by atoms with Crippen molar-refractivity contribution in [2.24, 2.45) is 5.92 Å². The second kappa shape index (κ2) is 8.26. The average molecular weight is 348 g/mol. The highest BCUT2D eigenvalue weighted by Crippen LogP contribution is 2.26. The highest BCUT2D eigenvalue weighted by molar-refractivity contribution is 7.99. The van der Waals surface area contributed by atoms with Gasteiger partial charge in [-0.1, -0.05) is 6.07 Å². The van der Waals surface area contributed by atoms with Crippen LogP contribution in [0.4, 0.5) is 10.5 Å². The van der Waals surface area contributed by atoms with E-state index in [1.807, 2.05) is 18.2 Å². The van der Waals surface area contributed by atoms with Gasteiger partial charge in [0.15, 0.2) is 0 Å². The van der Waals surface area contributed by atoms with E-state index in [9.17, 15) is 4.79 Å². The van der Waals surface area contributed by atoms with Gasteiger partial charge in [-0.2, -0.15) is 11.8 Å². The number of benzene rings is 1. The summed E-state index contributed by atoms with van der Waals surface area (Å²) in [4.78, 5) is 14.7. The number of nitrogens with zero attached hydrogens (tertiary/aromatic N) is 1. The lowest BCUT2D eigenvalue weighted by Crippen LogP contribution is -2.44. The van der Waals surface area contributed by atoms with E-state index in [0.29, 0.717) is 5.92 Å². The Labute approximate surface area is 149 Å². The number of likely N-dealkylation sites (tertiary alicyclic amines) is 1. The molecule has 3 rings (SSSR count). The molecule has 0 aliphatic carbocycles. The molecule has 2 aliphatic rings. The van der Waals surface area contributed by atoms with E-state index in [2.05, 4.69) is 41.1 Å². The standard InChI is InChI=1S/C19H29N3OS/c1-14-3-4-17(11-15(14)2)21-19(23)20-12-16-5-8-22(9-6-16)18-7-10-24-13-18/h3-4,11,16,18H,5-10,12-13H2,1-2H3,(H2,20,21,23). The van der Waals surface area contributed by atoms with E-state index in [1.165, 1.54) is 55.0 Å². The van der Waals surface area contributed by atoms with Crippen LogP contribution in [0.15, 0.2) is 18.2 Å². The van der Waals surface area contributed by atoms with Crippen LogP contribution >= 0.6 is 11.8 Å². The maximum Gasteiger partial charge on any atom is 0.319 e. The Kier molecular flexibility index (Phi) is 6.06. The first kappa shape index (κ1) is 17.6. The average Bonchev–Trinajstić information content (AvgIpc) is 3.11. The number of nitrogens with one attached hydrogen (secondary N) is 2. The number of carbonyl (C=O) groups is 1. The molecular weight excluding hydrogens is 318 g/mol. The van der Waals surface area contributed by atoms with Gasteiger partial charge in [0.05, 0.1) is 0 Å². The molecule has 24 heavy (non-hydrogen) atoms. The first-order valence-electron chi connectivity index (χ1n) is 9.05. The molecule has 2 amide bonds. The monoisotopic (exact) mass is 347 g/mol. The fourth-order valence-corrected chi connectivity index (χ4v) is 4.82. The van der Waals surface area contributed by atoms with E-state index >= 15 is 0 Å². The third kappa shape index (κ3) is 4.67. The predicted molar refractivity (Wildman–Crippen MR) is 103 cm³/mol. The fourth-order valence-electron chi connectivity index (χ4n) is 3.56. The van der Waals surface area contributed by atoms with Crippen LogP contribution in [-0.4, -0.2) is 48.1 Å². The third-order valence-electron chi connectivity index (χ3n) is 5.39. The van der Waals surface area contributed by atoms with Gasteiger partial charge in [-0.05, 0) is 81.1 Å². The molecule has 0 spiro atoms. The second-order valence-corrected chi connectivity index (χ2v) is 8.28. The number of anilines is 1. The minimum absolute atomic E-state index is 0.0899. The lowest BCUT2D eigenvalue weighted by Gasteiger charge is -2.35. The predicted octanol–water partition coefficient (Wildman–Crippen LogP) is 3.64. The van der Waals surface area contributed by atoms with Crippen molar-refractivity contribution in [2.45, 2.75) is 39.2 Å². The van der Waals surface area contributed by atoms with Crippen LogP contribution in [0.3, 0.4) is 0 Å². The molecule has 1 aromatic rings. The Morgan fingerprint density at radius 3 is 2.67 bits per heavy atom. The number of carbonyl (C=O) groups excluding carboxylic acids is 1. The molecule has 0 bridgehead atoms. The van der Waals surface area contributed by atoms with Gasteiger partial charge in [-0.15, -0.1) is 0 Å². The van der Waals surface area contributed by atoms with Crippen LogP contribution in [0.25, 0.3) is 0 Å². The molecule has 2 aliphatic heterocycles. The molecule has 1 unspecified atom stereocenters. The van der Waals surface area contributed by atoms with Crippen molar-refractivity contribution >= 4 is 23.5 Å². The molecule has 5 heteroatoms. The van der Waals surface area contributed by atoms with Crippen LogP contribution in [0.5, 0.6) is 0 Å². The Morgan fingerprint density at radius 1 is 1.21 bits per heavy atom. The first-order valence-corrected chi connectivity index (χ1v) is 10.2. The lowest BCUT2D eigenvalue weighted by atomic mass is 9.95. The molecule has 1 aromatic carbocycles. The van der Waals surface area contributed by atoms with Crippen molar-refractivity contribution in [1.29, 1.82) is 0 Å². The molecule has 1 atom stereocenters. The van der Waals surface area contributed by atoms with Crippen molar-refractivity contribution in [3.63, 3.8) is 0 Å². The molecule has 0 aromatic heterocycles. The SMILES string of the molecule is Cc1ccc(NC(=O)NCC2CCN(C3CCSC3)CC2)cc1C. The zero-order valence-corrected chi connectivity index (χ0v) is 15.6. The van der Waals surface area contributed by atoms with Gasteiger partial charge in [0.25, 0.3) is 0 Å². The summed E-state index contributed by atoms with van der Waals surface area (Å²) in [6.45, 7) is 7.31. The number of amides is 2. The smallest absolute Gasteiger partial charge is 0.319 e. The summed E-state index contributed by atoms with van der Waals surface area (Å²) in [6.07, 6.45) is 3.75. The summed E-state index contributed by atoms with van der Waals surface area (Å²) in [5.74, 6) is 3.24. The van der Waals surface area contributed by atoms with E-state index in [1.54, 1.807) is 0 Å². The molecule has 2 heterocycles. The van der Waals surface area contributed by atoms with Crippen LogP contribution in [0.1, 0.15) is 30.4 Å². The topological polar surface area (TPSA) is 44.4 Å². The number of hydrogen-bond acceptors (Lipinski definition) is 3. The Balaban J connectivity index is 1.38. The first-order chi connectivity index (χ1) is 11.6. The number of aryl methyl sites for hydroxylation is 2. The van der Waals surface area contributed by atoms with Crippen LogP contribution in [0, 0.1) is 19.8 Å². The third-order valence-corrected chi connectivity index (χ3v) is 6.53. The number of piperidine rings is 1. The highest BCUT2D eigenvalue weighted by atomic mass is 32.2. The normalized spacial score (nSPS) is 22.5. The summed E-state index contributed by atoms with van der Waals surface area (Å²) in [6, 6.07) is 6.74. The zero-order chi connectivity index (χ0) is 16.9. The summed E-state index contributed by atoms with van der Waals surface area (Å²) in [7, 11) is 0. The summed E-state index contributed by atoms with van der Waals surface area (Å²) in [5, 5.41) is 5.99. The maximum atomic E-state index is 12.1. The fraction of sp³-hybridized carbons (Fsp3) is 0.632. The molecule has 0 saturated carbocycles. The molecule has 0 radical (unpaired) electrons. The van der Waals surface area contributed by atoms with Gasteiger partial charge in [-0.25, -0.2) is 4.79 Å². The number of thioether (sulfide) groups is 1. The Morgan fingerprint density at radius 2 is 2.00 bits per heavy atom. The molecule has 2 saturated heterocycles. The summed E-state index contributed by atoms with van der Waals surface area (Å²) in [5.41, 5.74) is 3.31. The number of hydrogen-bond donors (Lipinski definition) is 2. The van der Waals surface area contributed by atoms with Crippen molar-refractivity contribution in [2.75, 3.05) is 36.5 Å². The van der Waals surface area contributed by atoms with Crippen molar-refractivity contribution in [3.8, 4) is 0 Å². The Hall–Kier alpha value is -1.20. The number of rotatable bonds is 4. The number of urea groups is 1. The largest absolute Gasteiger partial charge is 0.338 e. The van der Waals surface area contributed by atoms with Gasteiger partial charge in [-0.3, -0.25) is 4.90 Å². The minimum Gasteiger partial charge on any atom is -0.338 e. The minimum atomic E-state index is -0.0899. The Bertz CT molecular complexity index is 564. The van der Waals surface area contributed by atoms with Crippen LogP contribution in [-0.2, 0) is 0 Å². The molecule has 4 nitrogen and oxygen atoms in total. The molecule has 2 N–H and O–H groups in total. The van der Waals surface area contributed by atoms with E-state index in [-0.39, 0.29) is 6.03 Å². The van der Waals surface area contributed by atoms with Gasteiger partial charge in [0, 0.05) is 24.0 Å². The maximum absolute atomic E-state index is 12.1. The molecule has 2 fully saturated rings. The van der Waals surface area contributed by atoms with E-state index in [0.717, 1.165) is 18.3 Å². The van der Waals surface area contributed by atoms with Gasteiger partial charge >= 0.3 is 6.03 Å². The van der Waals surface area contributed by atoms with Gasteiger partial charge < -0.3 is 10.6 Å². The van der Waals surface area contributed by atoms with Crippen molar-refractivity contribution < 1.29 is 4.79 Å². The molecular formula is C19H29N3OS. The van der Waals surface area contributed by atoms with Crippen LogP contribution in [0.2, 0.25) is 0 Å². The second-order valence-electron chi connectivity index (χ2n) is 7.13.